The van der Waals surface area contributed by atoms with Gasteiger partial charge in [0.25, 0.3) is 0 Å². The van der Waals surface area contributed by atoms with Crippen LogP contribution in [0.25, 0.3) is 0 Å². The molecule has 1 aromatic heterocycles. The van der Waals surface area contributed by atoms with Crippen LogP contribution in [0.5, 0.6) is 0 Å². The van der Waals surface area contributed by atoms with E-state index in [1.165, 1.54) is 0 Å². The summed E-state index contributed by atoms with van der Waals surface area (Å²) in [4.78, 5) is 0. The van der Waals surface area contributed by atoms with Crippen molar-refractivity contribution in [1.29, 1.82) is 0 Å². The zero-order valence-corrected chi connectivity index (χ0v) is 12.3. The molecule has 1 N–H and O–H groups in total. The fourth-order valence-electron chi connectivity index (χ4n) is 1.96. The molecule has 0 fully saturated rings. The molecule has 0 amide bonds. The first-order valence-corrected chi connectivity index (χ1v) is 6.65. The Morgan fingerprint density at radius 2 is 2.16 bits per heavy atom. The summed E-state index contributed by atoms with van der Waals surface area (Å²) in [6.45, 7) is 0.400. The van der Waals surface area contributed by atoms with Crippen molar-refractivity contribution in [1.82, 2.24) is 5.32 Å². The van der Waals surface area contributed by atoms with Crippen LogP contribution < -0.4 is 5.32 Å². The average molecular weight is 328 g/mol. The van der Waals surface area contributed by atoms with Crippen LogP contribution in [0.4, 0.5) is 4.39 Å². The Morgan fingerprint density at radius 3 is 2.84 bits per heavy atom. The van der Waals surface area contributed by atoms with E-state index in [4.69, 9.17) is 9.15 Å². The van der Waals surface area contributed by atoms with E-state index in [1.807, 2.05) is 12.1 Å². The highest BCUT2D eigenvalue weighted by atomic mass is 79.9. The molecule has 2 rings (SSSR count). The van der Waals surface area contributed by atoms with E-state index in [1.54, 1.807) is 32.4 Å². The predicted octanol–water partition coefficient (Wildman–Crippen LogP) is 3.64. The second-order valence-electron chi connectivity index (χ2n) is 4.10. The van der Waals surface area contributed by atoms with Crippen molar-refractivity contribution in [3.8, 4) is 0 Å². The summed E-state index contributed by atoms with van der Waals surface area (Å²) in [6.07, 6.45) is 0. The Morgan fingerprint density at radius 1 is 1.37 bits per heavy atom. The number of benzene rings is 1. The number of halogens is 2. The number of hydrogen-bond acceptors (Lipinski definition) is 3. The van der Waals surface area contributed by atoms with Crippen LogP contribution in [0.3, 0.4) is 0 Å². The van der Waals surface area contributed by atoms with Crippen LogP contribution in [0.15, 0.2) is 39.2 Å². The molecule has 19 heavy (non-hydrogen) atoms. The average Bonchev–Trinajstić information content (AvgIpc) is 2.84. The summed E-state index contributed by atoms with van der Waals surface area (Å²) in [7, 11) is 3.37. The zero-order chi connectivity index (χ0) is 13.8. The Kier molecular flexibility index (Phi) is 4.74. The minimum absolute atomic E-state index is 0.286. The molecule has 0 saturated heterocycles. The van der Waals surface area contributed by atoms with Gasteiger partial charge in [0.2, 0.25) is 0 Å². The lowest BCUT2D eigenvalue weighted by Crippen LogP contribution is -2.18. The number of hydrogen-bond donors (Lipinski definition) is 1. The molecule has 2 aromatic rings. The van der Waals surface area contributed by atoms with Crippen LogP contribution in [0.2, 0.25) is 0 Å². The maximum Gasteiger partial charge on any atom is 0.142 e. The molecule has 102 valence electrons. The molecule has 0 aliphatic rings. The molecular weight excluding hydrogens is 313 g/mol. The molecule has 1 atom stereocenters. The number of rotatable bonds is 5. The van der Waals surface area contributed by atoms with Gasteiger partial charge in [-0.1, -0.05) is 12.1 Å². The molecule has 0 saturated carbocycles. The van der Waals surface area contributed by atoms with Crippen LogP contribution in [0, 0.1) is 5.82 Å². The van der Waals surface area contributed by atoms with E-state index in [9.17, 15) is 4.39 Å². The Bertz CT molecular complexity index is 556. The molecule has 1 aromatic carbocycles. The third kappa shape index (κ3) is 3.05. The minimum Gasteiger partial charge on any atom is -0.462 e. The maximum absolute atomic E-state index is 14.1. The lowest BCUT2D eigenvalue weighted by molar-refractivity contribution is 0.162. The van der Waals surface area contributed by atoms with E-state index >= 15 is 0 Å². The van der Waals surface area contributed by atoms with Gasteiger partial charge >= 0.3 is 0 Å². The fraction of sp³-hybridized carbons (Fsp3) is 0.286. The summed E-state index contributed by atoms with van der Waals surface area (Å²) >= 11 is 3.19. The molecule has 0 aliphatic heterocycles. The smallest absolute Gasteiger partial charge is 0.142 e. The highest BCUT2D eigenvalue weighted by molar-refractivity contribution is 9.10. The molecular formula is C14H15BrFNO2. The van der Waals surface area contributed by atoms with Crippen molar-refractivity contribution in [2.24, 2.45) is 0 Å². The number of methoxy groups -OCH3 is 1. The maximum atomic E-state index is 14.1. The molecule has 0 bridgehead atoms. The molecule has 0 radical (unpaired) electrons. The zero-order valence-electron chi connectivity index (χ0n) is 10.7. The van der Waals surface area contributed by atoms with E-state index in [-0.39, 0.29) is 11.9 Å². The largest absolute Gasteiger partial charge is 0.462 e. The van der Waals surface area contributed by atoms with Crippen LogP contribution >= 0.6 is 15.9 Å². The quantitative estimate of drug-likeness (QED) is 0.910. The van der Waals surface area contributed by atoms with Crippen molar-refractivity contribution >= 4 is 15.9 Å². The SMILES string of the molecule is CNC(c1ccc(COC)o1)c1cccc(Br)c1F. The van der Waals surface area contributed by atoms with Gasteiger partial charge in [0.15, 0.2) is 0 Å². The first-order valence-electron chi connectivity index (χ1n) is 5.86. The van der Waals surface area contributed by atoms with Gasteiger partial charge in [0, 0.05) is 12.7 Å². The summed E-state index contributed by atoms with van der Waals surface area (Å²) in [5.41, 5.74) is 0.537. The summed E-state index contributed by atoms with van der Waals surface area (Å²) in [5, 5.41) is 3.06. The van der Waals surface area contributed by atoms with E-state index in [0.29, 0.717) is 28.2 Å². The standard InChI is InChI=1S/C14H15BrFNO2/c1-17-14(10-4-3-5-11(15)13(10)16)12-7-6-9(19-12)8-18-2/h3-7,14,17H,8H2,1-2H3. The Labute approximate surface area is 119 Å². The second kappa shape index (κ2) is 6.32. The van der Waals surface area contributed by atoms with Crippen molar-refractivity contribution in [2.45, 2.75) is 12.6 Å². The second-order valence-corrected chi connectivity index (χ2v) is 4.96. The predicted molar refractivity (Wildman–Crippen MR) is 74.4 cm³/mol. The van der Waals surface area contributed by atoms with E-state index in [2.05, 4.69) is 21.2 Å². The number of furan rings is 1. The molecule has 1 heterocycles. The van der Waals surface area contributed by atoms with Gasteiger partial charge in [-0.05, 0) is 41.2 Å². The van der Waals surface area contributed by atoms with E-state index in [0.717, 1.165) is 0 Å². The normalized spacial score (nSPS) is 12.6. The lowest BCUT2D eigenvalue weighted by atomic mass is 10.0. The first kappa shape index (κ1) is 14.2. The lowest BCUT2D eigenvalue weighted by Gasteiger charge is -2.15. The Balaban J connectivity index is 2.35. The molecule has 0 spiro atoms. The first-order chi connectivity index (χ1) is 9.17. The number of ether oxygens (including phenoxy) is 1. The van der Waals surface area contributed by atoms with Gasteiger partial charge in [0.1, 0.15) is 23.9 Å². The van der Waals surface area contributed by atoms with Crippen molar-refractivity contribution in [3.63, 3.8) is 0 Å². The number of nitrogens with one attached hydrogen (secondary N) is 1. The summed E-state index contributed by atoms with van der Waals surface area (Å²) in [6, 6.07) is 8.54. The van der Waals surface area contributed by atoms with Gasteiger partial charge in [-0.3, -0.25) is 0 Å². The van der Waals surface area contributed by atoms with Crippen LogP contribution in [-0.4, -0.2) is 14.2 Å². The fourth-order valence-corrected chi connectivity index (χ4v) is 2.35. The van der Waals surface area contributed by atoms with Gasteiger partial charge in [0.05, 0.1) is 10.5 Å². The third-order valence-corrected chi connectivity index (χ3v) is 3.45. The van der Waals surface area contributed by atoms with Crippen molar-refractivity contribution in [3.05, 3.63) is 57.7 Å². The topological polar surface area (TPSA) is 34.4 Å². The van der Waals surface area contributed by atoms with Gasteiger partial charge < -0.3 is 14.5 Å². The highest BCUT2D eigenvalue weighted by Crippen LogP contribution is 2.29. The van der Waals surface area contributed by atoms with E-state index < -0.39 is 0 Å². The van der Waals surface area contributed by atoms with Gasteiger partial charge in [-0.15, -0.1) is 0 Å². The monoisotopic (exact) mass is 327 g/mol. The summed E-state index contributed by atoms with van der Waals surface area (Å²) in [5.74, 6) is 1.09. The van der Waals surface area contributed by atoms with Crippen LogP contribution in [0.1, 0.15) is 23.1 Å². The Hall–Kier alpha value is -1.17. The van der Waals surface area contributed by atoms with Gasteiger partial charge in [-0.25, -0.2) is 4.39 Å². The molecule has 3 nitrogen and oxygen atoms in total. The molecule has 1 unspecified atom stereocenters. The van der Waals surface area contributed by atoms with Crippen LogP contribution in [-0.2, 0) is 11.3 Å². The van der Waals surface area contributed by atoms with Gasteiger partial charge in [-0.2, -0.15) is 0 Å². The molecule has 0 aliphatic carbocycles. The minimum atomic E-state index is -0.330. The van der Waals surface area contributed by atoms with Crippen molar-refractivity contribution < 1.29 is 13.5 Å². The van der Waals surface area contributed by atoms with Crippen molar-refractivity contribution in [2.75, 3.05) is 14.2 Å². The summed E-state index contributed by atoms with van der Waals surface area (Å²) < 4.78 is 25.2. The third-order valence-electron chi connectivity index (χ3n) is 2.83. The molecule has 5 heteroatoms. The highest BCUT2D eigenvalue weighted by Gasteiger charge is 2.20.